The molecule has 6 nitrogen and oxygen atoms in total. The number of halogens is 2. The van der Waals surface area contributed by atoms with Crippen LogP contribution >= 0.6 is 23.2 Å². The lowest BCUT2D eigenvalue weighted by Gasteiger charge is -2.30. The van der Waals surface area contributed by atoms with Gasteiger partial charge in [0.1, 0.15) is 4.90 Å². The van der Waals surface area contributed by atoms with Gasteiger partial charge in [-0.2, -0.15) is 4.31 Å². The lowest BCUT2D eigenvalue weighted by atomic mass is 10.0. The van der Waals surface area contributed by atoms with Crippen LogP contribution in [0.25, 0.3) is 0 Å². The highest BCUT2D eigenvalue weighted by atomic mass is 35.5. The topological polar surface area (TPSA) is 94.9 Å². The summed E-state index contributed by atoms with van der Waals surface area (Å²) in [5.41, 5.74) is 0. The van der Waals surface area contributed by atoms with E-state index in [2.05, 4.69) is 0 Å². The summed E-state index contributed by atoms with van der Waals surface area (Å²) in [5, 5.41) is 18.8. The second-order valence-electron chi connectivity index (χ2n) is 4.77. The van der Waals surface area contributed by atoms with Crippen molar-refractivity contribution < 1.29 is 23.4 Å². The van der Waals surface area contributed by atoms with Gasteiger partial charge in [0.2, 0.25) is 10.0 Å². The molecule has 0 aliphatic carbocycles. The SMILES string of the molecule is O=C(O)[C@H]1CCCN(S(=O)(=O)c2cc(Cl)cc(Cl)c2O)C1. The molecule has 1 atom stereocenters. The highest BCUT2D eigenvalue weighted by molar-refractivity contribution is 7.89. The molecule has 0 bridgehead atoms. The van der Waals surface area contributed by atoms with Crippen LogP contribution in [0.15, 0.2) is 17.0 Å². The number of aromatic hydroxyl groups is 1. The zero-order chi connectivity index (χ0) is 15.8. The zero-order valence-electron chi connectivity index (χ0n) is 10.8. The van der Waals surface area contributed by atoms with Crippen molar-refractivity contribution in [3.05, 3.63) is 22.2 Å². The number of phenolic OH excluding ortho intramolecular Hbond substituents is 1. The number of sulfonamides is 1. The second-order valence-corrected chi connectivity index (χ2v) is 7.52. The molecule has 0 aromatic heterocycles. The maximum Gasteiger partial charge on any atom is 0.307 e. The number of hydrogen-bond acceptors (Lipinski definition) is 4. The average Bonchev–Trinajstić information content (AvgIpc) is 2.42. The summed E-state index contributed by atoms with van der Waals surface area (Å²) in [5.74, 6) is -2.38. The number of carbonyl (C=O) groups is 1. The summed E-state index contributed by atoms with van der Waals surface area (Å²) in [7, 11) is -4.05. The Kier molecular flexibility index (Phi) is 4.67. The molecule has 116 valence electrons. The number of carboxylic acids is 1. The fraction of sp³-hybridized carbons (Fsp3) is 0.417. The first kappa shape index (κ1) is 16.4. The molecule has 0 unspecified atom stereocenters. The predicted octanol–water partition coefficient (Wildman–Crippen LogP) is 2.18. The third-order valence-electron chi connectivity index (χ3n) is 3.34. The van der Waals surface area contributed by atoms with Crippen LogP contribution in [0.5, 0.6) is 5.75 Å². The van der Waals surface area contributed by atoms with Crippen LogP contribution in [0.3, 0.4) is 0 Å². The summed E-state index contributed by atoms with van der Waals surface area (Å²) >= 11 is 11.5. The molecule has 0 radical (unpaired) electrons. The van der Waals surface area contributed by atoms with Gasteiger partial charge >= 0.3 is 5.97 Å². The number of rotatable bonds is 3. The first-order chi connectivity index (χ1) is 9.73. The van der Waals surface area contributed by atoms with Crippen molar-refractivity contribution in [3.8, 4) is 5.75 Å². The molecule has 1 aliphatic heterocycles. The predicted molar refractivity (Wildman–Crippen MR) is 77.2 cm³/mol. The molecule has 1 heterocycles. The van der Waals surface area contributed by atoms with Crippen LogP contribution in [-0.4, -0.2) is 42.0 Å². The van der Waals surface area contributed by atoms with Crippen molar-refractivity contribution in [2.45, 2.75) is 17.7 Å². The molecule has 0 saturated carbocycles. The van der Waals surface area contributed by atoms with E-state index >= 15 is 0 Å². The fourth-order valence-corrected chi connectivity index (χ4v) is 4.51. The van der Waals surface area contributed by atoms with Gasteiger partial charge in [-0.3, -0.25) is 4.79 Å². The highest BCUT2D eigenvalue weighted by Crippen LogP contribution is 2.36. The Labute approximate surface area is 131 Å². The smallest absolute Gasteiger partial charge is 0.307 e. The van der Waals surface area contributed by atoms with E-state index in [1.54, 1.807) is 0 Å². The van der Waals surface area contributed by atoms with Gasteiger partial charge in [-0.05, 0) is 25.0 Å². The van der Waals surface area contributed by atoms with Crippen molar-refractivity contribution >= 4 is 39.2 Å². The summed E-state index contributed by atoms with van der Waals surface area (Å²) in [6.45, 7) is 0.0525. The maximum absolute atomic E-state index is 12.5. The number of nitrogens with zero attached hydrogens (tertiary/aromatic N) is 1. The molecular formula is C12H13Cl2NO5S. The third-order valence-corrected chi connectivity index (χ3v) is 5.73. The van der Waals surface area contributed by atoms with Gasteiger partial charge in [0.05, 0.1) is 10.9 Å². The number of piperidine rings is 1. The van der Waals surface area contributed by atoms with E-state index in [1.807, 2.05) is 0 Å². The molecule has 0 amide bonds. The van der Waals surface area contributed by atoms with Crippen LogP contribution in [0, 0.1) is 5.92 Å². The Bertz CT molecular complexity index is 676. The number of hydrogen-bond donors (Lipinski definition) is 2. The van der Waals surface area contributed by atoms with E-state index < -0.39 is 32.6 Å². The van der Waals surface area contributed by atoms with Gasteiger partial charge < -0.3 is 10.2 Å². The summed E-state index contributed by atoms with van der Waals surface area (Å²) in [6, 6.07) is 2.33. The molecule has 1 aliphatic rings. The quantitative estimate of drug-likeness (QED) is 0.868. The van der Waals surface area contributed by atoms with E-state index in [0.717, 1.165) is 10.4 Å². The Balaban J connectivity index is 2.40. The Morgan fingerprint density at radius 2 is 2.00 bits per heavy atom. The van der Waals surface area contributed by atoms with Gasteiger partial charge in [-0.1, -0.05) is 23.2 Å². The first-order valence-corrected chi connectivity index (χ1v) is 8.34. The van der Waals surface area contributed by atoms with Gasteiger partial charge in [0, 0.05) is 18.1 Å². The van der Waals surface area contributed by atoms with E-state index in [1.165, 1.54) is 6.07 Å². The van der Waals surface area contributed by atoms with Crippen LogP contribution in [0.4, 0.5) is 0 Å². The second kappa shape index (κ2) is 6.00. The standard InChI is InChI=1S/C12H13Cl2NO5S/c13-8-4-9(14)11(16)10(5-8)21(19,20)15-3-1-2-7(6-15)12(17)18/h4-5,7,16H,1-3,6H2,(H,17,18)/t7-/m0/s1. The largest absolute Gasteiger partial charge is 0.505 e. The molecular weight excluding hydrogens is 341 g/mol. The number of benzene rings is 1. The lowest BCUT2D eigenvalue weighted by molar-refractivity contribution is -0.142. The van der Waals surface area contributed by atoms with Crippen molar-refractivity contribution in [1.82, 2.24) is 4.31 Å². The lowest BCUT2D eigenvalue weighted by Crippen LogP contribution is -2.42. The molecule has 1 saturated heterocycles. The highest BCUT2D eigenvalue weighted by Gasteiger charge is 2.35. The van der Waals surface area contributed by atoms with Gasteiger partial charge in [-0.25, -0.2) is 8.42 Å². The van der Waals surface area contributed by atoms with Gasteiger partial charge in [0.15, 0.2) is 5.75 Å². The van der Waals surface area contributed by atoms with Crippen molar-refractivity contribution in [2.75, 3.05) is 13.1 Å². The fourth-order valence-electron chi connectivity index (χ4n) is 2.24. The van der Waals surface area contributed by atoms with Crippen molar-refractivity contribution in [2.24, 2.45) is 5.92 Å². The molecule has 0 spiro atoms. The molecule has 9 heteroatoms. The van der Waals surface area contributed by atoms with E-state index in [4.69, 9.17) is 28.3 Å². The van der Waals surface area contributed by atoms with Crippen LogP contribution in [0.1, 0.15) is 12.8 Å². The summed E-state index contributed by atoms with van der Waals surface area (Å²) < 4.78 is 26.1. The summed E-state index contributed by atoms with van der Waals surface area (Å²) in [6.07, 6.45) is 0.856. The van der Waals surface area contributed by atoms with Crippen LogP contribution < -0.4 is 0 Å². The first-order valence-electron chi connectivity index (χ1n) is 6.14. The van der Waals surface area contributed by atoms with Gasteiger partial charge in [-0.15, -0.1) is 0 Å². The molecule has 1 aromatic carbocycles. The van der Waals surface area contributed by atoms with Crippen molar-refractivity contribution in [1.29, 1.82) is 0 Å². The van der Waals surface area contributed by atoms with E-state index in [-0.39, 0.29) is 23.1 Å². The number of phenols is 1. The minimum absolute atomic E-state index is 0.0724. The van der Waals surface area contributed by atoms with Crippen molar-refractivity contribution in [3.63, 3.8) is 0 Å². The normalized spacial score (nSPS) is 20.4. The number of carboxylic acid groups (broad SMARTS) is 1. The molecule has 1 aromatic rings. The molecule has 2 rings (SSSR count). The van der Waals surface area contributed by atoms with Crippen LogP contribution in [0.2, 0.25) is 10.0 Å². The molecule has 1 fully saturated rings. The minimum atomic E-state index is -4.05. The van der Waals surface area contributed by atoms with Crippen LogP contribution in [-0.2, 0) is 14.8 Å². The number of aliphatic carboxylic acids is 1. The monoisotopic (exact) mass is 353 g/mol. The van der Waals surface area contributed by atoms with E-state index in [0.29, 0.717) is 12.8 Å². The maximum atomic E-state index is 12.5. The average molecular weight is 354 g/mol. The zero-order valence-corrected chi connectivity index (χ0v) is 13.1. The Morgan fingerprint density at radius 1 is 1.33 bits per heavy atom. The molecule has 2 N–H and O–H groups in total. The third kappa shape index (κ3) is 3.26. The Hall–Kier alpha value is -1.02. The molecule has 21 heavy (non-hydrogen) atoms. The minimum Gasteiger partial charge on any atom is -0.505 e. The van der Waals surface area contributed by atoms with Gasteiger partial charge in [0.25, 0.3) is 0 Å². The van der Waals surface area contributed by atoms with E-state index in [9.17, 15) is 18.3 Å². The summed E-state index contributed by atoms with van der Waals surface area (Å²) in [4.78, 5) is 10.6. The Morgan fingerprint density at radius 3 is 2.62 bits per heavy atom.